The van der Waals surface area contributed by atoms with Crippen molar-refractivity contribution < 1.29 is 23.6 Å². The Labute approximate surface area is 170 Å². The standard InChI is InChI=1S/C22H28N2O5/c1-15-12-18(28-14-20(25)23-6-7-24-8-10-27-11-9-24)21-16-4-2-3-5-17(16)22(26)29-19(21)13-15/h12-13H,2-11,14H2,1H3,(H,23,25)/p+1. The molecule has 2 N–H and O–H groups in total. The van der Waals surface area contributed by atoms with E-state index in [0.717, 1.165) is 80.6 Å². The molecule has 1 saturated heterocycles. The summed E-state index contributed by atoms with van der Waals surface area (Å²) >= 11 is 0. The summed E-state index contributed by atoms with van der Waals surface area (Å²) in [5.41, 5.74) is 3.01. The fraction of sp³-hybridized carbons (Fsp3) is 0.545. The monoisotopic (exact) mass is 401 g/mol. The van der Waals surface area contributed by atoms with Gasteiger partial charge in [0, 0.05) is 5.56 Å². The van der Waals surface area contributed by atoms with Crippen LogP contribution in [0.1, 0.15) is 29.5 Å². The second-order valence-corrected chi connectivity index (χ2v) is 7.94. The Morgan fingerprint density at radius 1 is 1.17 bits per heavy atom. The van der Waals surface area contributed by atoms with Crippen LogP contribution in [0.2, 0.25) is 0 Å². The van der Waals surface area contributed by atoms with Crippen LogP contribution in [0.15, 0.2) is 21.3 Å². The van der Waals surface area contributed by atoms with E-state index < -0.39 is 0 Å². The van der Waals surface area contributed by atoms with Crippen molar-refractivity contribution in [3.05, 3.63) is 39.2 Å². The summed E-state index contributed by atoms with van der Waals surface area (Å²) < 4.78 is 16.8. The molecule has 1 aliphatic carbocycles. The van der Waals surface area contributed by atoms with Crippen LogP contribution in [0.3, 0.4) is 0 Å². The van der Waals surface area contributed by atoms with Crippen LogP contribution in [-0.4, -0.2) is 51.9 Å². The Bertz CT molecular complexity index is 946. The van der Waals surface area contributed by atoms with Crippen molar-refractivity contribution in [1.82, 2.24) is 5.32 Å². The Kier molecular flexibility index (Phi) is 6.16. The molecule has 7 heteroatoms. The molecule has 2 aromatic rings. The minimum atomic E-state index is -0.243. The van der Waals surface area contributed by atoms with Gasteiger partial charge in [-0.1, -0.05) is 0 Å². The molecule has 0 spiro atoms. The fourth-order valence-corrected chi connectivity index (χ4v) is 4.26. The molecule has 2 aliphatic rings. The molecule has 1 fully saturated rings. The molecule has 0 unspecified atom stereocenters. The summed E-state index contributed by atoms with van der Waals surface area (Å²) in [4.78, 5) is 26.1. The third-order valence-electron chi connectivity index (χ3n) is 5.79. The number of hydrogen-bond acceptors (Lipinski definition) is 5. The highest BCUT2D eigenvalue weighted by atomic mass is 16.5. The number of hydrogen-bond donors (Lipinski definition) is 2. The highest BCUT2D eigenvalue weighted by Gasteiger charge is 2.21. The zero-order chi connectivity index (χ0) is 20.2. The van der Waals surface area contributed by atoms with Gasteiger partial charge in [0.15, 0.2) is 6.61 Å². The van der Waals surface area contributed by atoms with E-state index in [1.165, 1.54) is 4.90 Å². The number of aryl methyl sites for hydroxylation is 2. The number of rotatable bonds is 6. The highest BCUT2D eigenvalue weighted by molar-refractivity contribution is 5.89. The van der Waals surface area contributed by atoms with Crippen molar-refractivity contribution in [3.8, 4) is 5.75 Å². The zero-order valence-electron chi connectivity index (χ0n) is 17.0. The minimum Gasteiger partial charge on any atom is -0.483 e. The van der Waals surface area contributed by atoms with Gasteiger partial charge < -0.3 is 24.1 Å². The van der Waals surface area contributed by atoms with E-state index in [2.05, 4.69) is 5.32 Å². The molecular formula is C22H29N2O5+. The van der Waals surface area contributed by atoms with Gasteiger partial charge >= 0.3 is 5.63 Å². The van der Waals surface area contributed by atoms with Gasteiger partial charge in [-0.05, 0) is 55.9 Å². The predicted octanol–water partition coefficient (Wildman–Crippen LogP) is 0.390. The van der Waals surface area contributed by atoms with Crippen molar-refractivity contribution >= 4 is 16.9 Å². The number of amides is 1. The average molecular weight is 401 g/mol. The molecule has 0 radical (unpaired) electrons. The zero-order valence-corrected chi connectivity index (χ0v) is 17.0. The quantitative estimate of drug-likeness (QED) is 0.685. The molecule has 0 saturated carbocycles. The van der Waals surface area contributed by atoms with Crippen LogP contribution in [0.5, 0.6) is 5.75 Å². The summed E-state index contributed by atoms with van der Waals surface area (Å²) in [7, 11) is 0. The molecule has 156 valence electrons. The van der Waals surface area contributed by atoms with E-state index in [0.29, 0.717) is 17.9 Å². The van der Waals surface area contributed by atoms with Gasteiger partial charge in [-0.2, -0.15) is 0 Å². The van der Waals surface area contributed by atoms with Crippen molar-refractivity contribution in [2.75, 3.05) is 46.0 Å². The maximum atomic E-state index is 12.3. The first-order valence-corrected chi connectivity index (χ1v) is 10.5. The van der Waals surface area contributed by atoms with Gasteiger partial charge in [0.2, 0.25) is 0 Å². The second-order valence-electron chi connectivity index (χ2n) is 7.94. The smallest absolute Gasteiger partial charge is 0.339 e. The molecule has 4 rings (SSSR count). The normalized spacial score (nSPS) is 17.1. The summed E-state index contributed by atoms with van der Waals surface area (Å²) in [5.74, 6) is 0.481. The van der Waals surface area contributed by atoms with Gasteiger partial charge in [0.05, 0.1) is 31.7 Å². The number of morpholine rings is 1. The Hall–Kier alpha value is -2.38. The lowest BCUT2D eigenvalue weighted by Crippen LogP contribution is -3.14. The first kappa shape index (κ1) is 19.9. The number of carbonyl (C=O) groups is 1. The van der Waals surface area contributed by atoms with E-state index in [-0.39, 0.29) is 18.1 Å². The molecule has 2 heterocycles. The third-order valence-corrected chi connectivity index (χ3v) is 5.79. The first-order valence-electron chi connectivity index (χ1n) is 10.5. The number of quaternary nitrogens is 1. The SMILES string of the molecule is Cc1cc(OCC(=O)NCC[NH+]2CCOCC2)c2c3c(c(=O)oc2c1)CCCC3. The van der Waals surface area contributed by atoms with Crippen LogP contribution in [-0.2, 0) is 22.4 Å². The van der Waals surface area contributed by atoms with Crippen LogP contribution >= 0.6 is 0 Å². The molecule has 1 aromatic carbocycles. The lowest BCUT2D eigenvalue weighted by Gasteiger charge is -2.23. The fourth-order valence-electron chi connectivity index (χ4n) is 4.26. The maximum absolute atomic E-state index is 12.3. The Morgan fingerprint density at radius 2 is 1.93 bits per heavy atom. The Morgan fingerprint density at radius 3 is 2.72 bits per heavy atom. The van der Waals surface area contributed by atoms with Crippen LogP contribution in [0.4, 0.5) is 0 Å². The van der Waals surface area contributed by atoms with E-state index in [4.69, 9.17) is 13.9 Å². The topological polar surface area (TPSA) is 82.2 Å². The largest absolute Gasteiger partial charge is 0.483 e. The number of nitrogens with one attached hydrogen (secondary N) is 2. The van der Waals surface area contributed by atoms with E-state index >= 15 is 0 Å². The van der Waals surface area contributed by atoms with Crippen molar-refractivity contribution in [2.45, 2.75) is 32.6 Å². The number of benzene rings is 1. The Balaban J connectivity index is 1.44. The minimum absolute atomic E-state index is 0.0507. The van der Waals surface area contributed by atoms with Gasteiger partial charge in [0.25, 0.3) is 5.91 Å². The summed E-state index contributed by atoms with van der Waals surface area (Å²) in [6.45, 7) is 6.93. The predicted molar refractivity (Wildman–Crippen MR) is 109 cm³/mol. The van der Waals surface area contributed by atoms with E-state index in [1.807, 2.05) is 19.1 Å². The first-order chi connectivity index (χ1) is 14.1. The molecular weight excluding hydrogens is 372 g/mol. The molecule has 0 bridgehead atoms. The molecule has 0 atom stereocenters. The van der Waals surface area contributed by atoms with Gasteiger partial charge in [-0.25, -0.2) is 4.79 Å². The highest BCUT2D eigenvalue weighted by Crippen LogP contribution is 2.34. The van der Waals surface area contributed by atoms with E-state index in [9.17, 15) is 9.59 Å². The average Bonchev–Trinajstić information content (AvgIpc) is 2.72. The summed E-state index contributed by atoms with van der Waals surface area (Å²) in [6, 6.07) is 3.78. The summed E-state index contributed by atoms with van der Waals surface area (Å²) in [5, 5.41) is 3.78. The van der Waals surface area contributed by atoms with Gasteiger partial charge in [0.1, 0.15) is 24.4 Å². The molecule has 1 aromatic heterocycles. The van der Waals surface area contributed by atoms with Crippen LogP contribution < -0.4 is 20.6 Å². The third kappa shape index (κ3) is 4.62. The maximum Gasteiger partial charge on any atom is 0.339 e. The van der Waals surface area contributed by atoms with Crippen LogP contribution in [0.25, 0.3) is 11.0 Å². The van der Waals surface area contributed by atoms with E-state index in [1.54, 1.807) is 0 Å². The number of fused-ring (bicyclic) bond motifs is 3. The molecule has 1 amide bonds. The van der Waals surface area contributed by atoms with Crippen molar-refractivity contribution in [3.63, 3.8) is 0 Å². The second kappa shape index (κ2) is 8.97. The summed E-state index contributed by atoms with van der Waals surface area (Å²) in [6.07, 6.45) is 3.62. The molecule has 7 nitrogen and oxygen atoms in total. The molecule has 29 heavy (non-hydrogen) atoms. The lowest BCUT2D eigenvalue weighted by atomic mass is 9.90. The van der Waals surface area contributed by atoms with Gasteiger partial charge in [-0.3, -0.25) is 4.79 Å². The number of carbonyl (C=O) groups excluding carboxylic acids is 1. The van der Waals surface area contributed by atoms with Crippen LogP contribution in [0, 0.1) is 6.92 Å². The van der Waals surface area contributed by atoms with Crippen molar-refractivity contribution in [2.24, 2.45) is 0 Å². The van der Waals surface area contributed by atoms with Gasteiger partial charge in [-0.15, -0.1) is 0 Å². The lowest BCUT2D eigenvalue weighted by molar-refractivity contribution is -0.906. The van der Waals surface area contributed by atoms with Crippen molar-refractivity contribution in [1.29, 1.82) is 0 Å². The number of ether oxygens (including phenoxy) is 2. The molecule has 1 aliphatic heterocycles.